The number of nitrogens with zero attached hydrogens (tertiary/aromatic N) is 4. The number of aromatic nitrogens is 4. The zero-order valence-corrected chi connectivity index (χ0v) is 17.3. The van der Waals surface area contributed by atoms with E-state index in [0.717, 1.165) is 0 Å². The molecule has 3 aromatic heterocycles. The number of imidazole rings is 1. The van der Waals surface area contributed by atoms with Gasteiger partial charge in [0.05, 0.1) is 6.54 Å². The van der Waals surface area contributed by atoms with Gasteiger partial charge in [0, 0.05) is 11.6 Å². The molecule has 31 heavy (non-hydrogen) atoms. The molecule has 9 nitrogen and oxygen atoms in total. The van der Waals surface area contributed by atoms with E-state index in [1.165, 1.54) is 9.13 Å². The topological polar surface area (TPSA) is 126 Å². The maximum Gasteiger partial charge on any atom is 0.331 e. The van der Waals surface area contributed by atoms with Crippen LogP contribution in [0.1, 0.15) is 46.5 Å². The van der Waals surface area contributed by atoms with E-state index < -0.39 is 11.6 Å². The summed E-state index contributed by atoms with van der Waals surface area (Å²) in [6.45, 7) is 5.12. The normalized spacial score (nSPS) is 11.4. The van der Waals surface area contributed by atoms with E-state index in [1.54, 1.807) is 49.4 Å². The summed E-state index contributed by atoms with van der Waals surface area (Å²) in [5.74, 6) is 0.00473. The van der Waals surface area contributed by atoms with Crippen LogP contribution in [0.4, 0.5) is 0 Å². The number of amides is 1. The lowest BCUT2D eigenvalue weighted by molar-refractivity contribution is 0.0966. The second-order valence-electron chi connectivity index (χ2n) is 7.46. The zero-order chi connectivity index (χ0) is 22.3. The minimum Gasteiger partial charge on any atom is -0.458 e. The Morgan fingerprint density at radius 1 is 1.10 bits per heavy atom. The first-order valence-corrected chi connectivity index (χ1v) is 9.75. The Morgan fingerprint density at radius 2 is 1.81 bits per heavy atom. The lowest BCUT2D eigenvalue weighted by atomic mass is 10.1. The Labute approximate surface area is 177 Å². The van der Waals surface area contributed by atoms with Gasteiger partial charge in [-0.05, 0) is 32.9 Å². The number of aryl methyl sites for hydroxylation is 1. The molecule has 0 aliphatic rings. The molecule has 2 N–H and O–H groups in total. The third-order valence-corrected chi connectivity index (χ3v) is 4.91. The second-order valence-corrected chi connectivity index (χ2v) is 7.46. The molecular weight excluding hydrogens is 398 g/mol. The first-order chi connectivity index (χ1) is 14.8. The van der Waals surface area contributed by atoms with E-state index in [-0.39, 0.29) is 41.1 Å². The molecule has 0 aliphatic carbocycles. The van der Waals surface area contributed by atoms with Gasteiger partial charge >= 0.3 is 5.69 Å². The number of nitrogens with two attached hydrogens (primary N) is 1. The van der Waals surface area contributed by atoms with Crippen molar-refractivity contribution in [3.8, 4) is 11.6 Å². The van der Waals surface area contributed by atoms with Crippen molar-refractivity contribution < 1.29 is 14.0 Å². The molecule has 0 saturated heterocycles. The second kappa shape index (κ2) is 7.67. The van der Waals surface area contributed by atoms with Crippen LogP contribution in [0.3, 0.4) is 0 Å². The first-order valence-electron chi connectivity index (χ1n) is 9.75. The molecule has 9 heteroatoms. The van der Waals surface area contributed by atoms with Gasteiger partial charge in [-0.25, -0.2) is 14.8 Å². The van der Waals surface area contributed by atoms with Crippen molar-refractivity contribution in [2.45, 2.75) is 33.4 Å². The standard InChI is InChI=1S/C22H21N5O4/c1-12(2)27-21-18(26(22(27)30)11-15(28)14-7-5-4-6-8-14)17(19(23)29)24-20(25-21)16-10-9-13(3)31-16/h4-10,12H,11H2,1-3H3,(H2,23,29). The first kappa shape index (κ1) is 20.3. The summed E-state index contributed by atoms with van der Waals surface area (Å²) < 4.78 is 8.22. The number of carbonyl (C=O) groups is 2. The molecule has 0 fully saturated rings. The van der Waals surface area contributed by atoms with E-state index in [2.05, 4.69) is 9.97 Å². The molecule has 0 bridgehead atoms. The van der Waals surface area contributed by atoms with Crippen LogP contribution in [0.15, 0.2) is 51.7 Å². The minimum atomic E-state index is -0.834. The molecule has 0 saturated carbocycles. The van der Waals surface area contributed by atoms with Crippen LogP contribution in [-0.2, 0) is 6.54 Å². The summed E-state index contributed by atoms with van der Waals surface area (Å²) in [6.07, 6.45) is 0. The van der Waals surface area contributed by atoms with Crippen LogP contribution in [0.2, 0.25) is 0 Å². The highest BCUT2D eigenvalue weighted by Crippen LogP contribution is 2.25. The van der Waals surface area contributed by atoms with Crippen LogP contribution < -0.4 is 11.4 Å². The summed E-state index contributed by atoms with van der Waals surface area (Å²) >= 11 is 0. The number of primary amides is 1. The molecule has 1 amide bonds. The van der Waals surface area contributed by atoms with Gasteiger partial charge in [-0.1, -0.05) is 30.3 Å². The highest BCUT2D eigenvalue weighted by Gasteiger charge is 2.26. The van der Waals surface area contributed by atoms with Crippen molar-refractivity contribution in [1.29, 1.82) is 0 Å². The maximum absolute atomic E-state index is 13.3. The van der Waals surface area contributed by atoms with Crippen molar-refractivity contribution in [3.63, 3.8) is 0 Å². The molecule has 3 heterocycles. The molecule has 0 unspecified atom stereocenters. The number of carbonyl (C=O) groups excluding carboxylic acids is 2. The largest absolute Gasteiger partial charge is 0.458 e. The van der Waals surface area contributed by atoms with Gasteiger partial charge in [-0.2, -0.15) is 0 Å². The Morgan fingerprint density at radius 3 is 2.39 bits per heavy atom. The highest BCUT2D eigenvalue weighted by atomic mass is 16.3. The molecule has 4 aromatic rings. The maximum atomic E-state index is 13.3. The van der Waals surface area contributed by atoms with Crippen LogP contribution in [-0.4, -0.2) is 30.8 Å². The van der Waals surface area contributed by atoms with Gasteiger partial charge in [-0.3, -0.25) is 18.7 Å². The predicted molar refractivity (Wildman–Crippen MR) is 114 cm³/mol. The van der Waals surface area contributed by atoms with E-state index in [0.29, 0.717) is 17.1 Å². The SMILES string of the molecule is Cc1ccc(-c2nc(C(N)=O)c3c(n2)n(C(C)C)c(=O)n3CC(=O)c2ccccc2)o1. The average molecular weight is 419 g/mol. The third kappa shape index (κ3) is 3.54. The zero-order valence-electron chi connectivity index (χ0n) is 17.3. The van der Waals surface area contributed by atoms with Crippen LogP contribution in [0.25, 0.3) is 22.7 Å². The van der Waals surface area contributed by atoms with E-state index in [9.17, 15) is 14.4 Å². The van der Waals surface area contributed by atoms with E-state index >= 15 is 0 Å². The molecule has 0 atom stereocenters. The number of Topliss-reactive ketones (excluding diaryl/α,β-unsaturated/α-hetero) is 1. The van der Waals surface area contributed by atoms with Gasteiger partial charge in [0.2, 0.25) is 0 Å². The van der Waals surface area contributed by atoms with Crippen LogP contribution >= 0.6 is 0 Å². The average Bonchev–Trinajstić information content (AvgIpc) is 3.29. The summed E-state index contributed by atoms with van der Waals surface area (Å²) in [6, 6.07) is 11.7. The molecule has 4 rings (SSSR count). The van der Waals surface area contributed by atoms with Crippen molar-refractivity contribution in [2.75, 3.05) is 0 Å². The lowest BCUT2D eigenvalue weighted by Gasteiger charge is -2.07. The Hall–Kier alpha value is -4.01. The van der Waals surface area contributed by atoms with Crippen molar-refractivity contribution in [2.24, 2.45) is 5.73 Å². The predicted octanol–water partition coefficient (Wildman–Crippen LogP) is 2.72. The molecule has 1 aromatic carbocycles. The van der Waals surface area contributed by atoms with Gasteiger partial charge in [-0.15, -0.1) is 0 Å². The molecule has 158 valence electrons. The van der Waals surface area contributed by atoms with Gasteiger partial charge in [0.25, 0.3) is 5.91 Å². The molecule has 0 aliphatic heterocycles. The highest BCUT2D eigenvalue weighted by molar-refractivity contribution is 6.03. The fourth-order valence-electron chi connectivity index (χ4n) is 3.48. The lowest BCUT2D eigenvalue weighted by Crippen LogP contribution is -2.28. The molecule has 0 spiro atoms. The van der Waals surface area contributed by atoms with E-state index in [1.807, 2.05) is 13.8 Å². The number of hydrogen-bond acceptors (Lipinski definition) is 6. The molecule has 0 radical (unpaired) electrons. The van der Waals surface area contributed by atoms with Crippen molar-refractivity contribution in [3.05, 3.63) is 70.0 Å². The van der Waals surface area contributed by atoms with Gasteiger partial charge in [0.15, 0.2) is 28.7 Å². The third-order valence-electron chi connectivity index (χ3n) is 4.91. The number of rotatable bonds is 6. The Balaban J connectivity index is 1.98. The monoisotopic (exact) mass is 419 g/mol. The summed E-state index contributed by atoms with van der Waals surface area (Å²) in [5, 5.41) is 0. The van der Waals surface area contributed by atoms with Gasteiger partial charge in [0.1, 0.15) is 11.3 Å². The summed E-state index contributed by atoms with van der Waals surface area (Å²) in [4.78, 5) is 47.1. The summed E-state index contributed by atoms with van der Waals surface area (Å²) in [7, 11) is 0. The number of fused-ring (bicyclic) bond motifs is 1. The Kier molecular flexibility index (Phi) is 5.02. The van der Waals surface area contributed by atoms with Crippen molar-refractivity contribution in [1.82, 2.24) is 19.1 Å². The fraction of sp³-hybridized carbons (Fsp3) is 0.227. The van der Waals surface area contributed by atoms with Crippen LogP contribution in [0, 0.1) is 6.92 Å². The number of furan rings is 1. The van der Waals surface area contributed by atoms with Crippen LogP contribution in [0.5, 0.6) is 0 Å². The smallest absolute Gasteiger partial charge is 0.331 e. The quantitative estimate of drug-likeness (QED) is 0.479. The number of hydrogen-bond donors (Lipinski definition) is 1. The minimum absolute atomic E-state index is 0.127. The molecular formula is C22H21N5O4. The summed E-state index contributed by atoms with van der Waals surface area (Å²) in [5.41, 5.74) is 5.78. The van der Waals surface area contributed by atoms with E-state index in [4.69, 9.17) is 10.2 Å². The number of ketones is 1. The fourth-order valence-corrected chi connectivity index (χ4v) is 3.48. The van der Waals surface area contributed by atoms with Crippen molar-refractivity contribution >= 4 is 22.9 Å². The number of benzene rings is 1. The van der Waals surface area contributed by atoms with Gasteiger partial charge < -0.3 is 10.2 Å². The Bertz CT molecular complexity index is 1360.